The summed E-state index contributed by atoms with van der Waals surface area (Å²) in [6, 6.07) is 1.74. The zero-order valence-corrected chi connectivity index (χ0v) is 12.5. The molecule has 98 valence electrons. The number of thioether (sulfide) groups is 1. The topological polar surface area (TPSA) is 37.8 Å². The molecule has 0 bridgehead atoms. The van der Waals surface area contributed by atoms with Crippen molar-refractivity contribution in [3.8, 4) is 12.3 Å². The van der Waals surface area contributed by atoms with E-state index in [1.165, 1.54) is 0 Å². The standard InChI is InChI=1S/C13H18ClN3S/c1-5-7-18-8-6-15-11-9-10(14)16-12(17-11)13(2,3)4/h1,9H,6-8H2,2-4H3,(H,15,16,17). The number of aromatic nitrogens is 2. The number of terminal acetylenes is 1. The second-order valence-corrected chi connectivity index (χ2v) is 6.33. The van der Waals surface area contributed by atoms with Gasteiger partial charge in [0.1, 0.15) is 16.8 Å². The van der Waals surface area contributed by atoms with Crippen molar-refractivity contribution in [3.63, 3.8) is 0 Å². The Bertz CT molecular complexity index is 435. The molecule has 0 spiro atoms. The maximum Gasteiger partial charge on any atom is 0.137 e. The van der Waals surface area contributed by atoms with Crippen LogP contribution in [-0.4, -0.2) is 28.0 Å². The molecule has 1 aromatic rings. The molecule has 0 amide bonds. The number of hydrogen-bond acceptors (Lipinski definition) is 4. The van der Waals surface area contributed by atoms with Crippen molar-refractivity contribution < 1.29 is 0 Å². The van der Waals surface area contributed by atoms with Crippen molar-refractivity contribution in [1.82, 2.24) is 9.97 Å². The van der Waals surface area contributed by atoms with Crippen molar-refractivity contribution in [2.24, 2.45) is 0 Å². The Kier molecular flexibility index (Phi) is 5.77. The Labute approximate surface area is 118 Å². The number of nitrogens with zero attached hydrogens (tertiary/aromatic N) is 2. The lowest BCUT2D eigenvalue weighted by molar-refractivity contribution is 0.546. The average molecular weight is 284 g/mol. The molecule has 5 heteroatoms. The number of anilines is 1. The Hall–Kier alpha value is -0.920. The molecule has 0 unspecified atom stereocenters. The fourth-order valence-electron chi connectivity index (χ4n) is 1.23. The predicted octanol–water partition coefficient (Wildman–Crippen LogP) is 3.21. The fourth-order valence-corrected chi connectivity index (χ4v) is 1.92. The van der Waals surface area contributed by atoms with Gasteiger partial charge < -0.3 is 5.32 Å². The maximum atomic E-state index is 6.00. The van der Waals surface area contributed by atoms with Gasteiger partial charge in [-0.2, -0.15) is 0 Å². The zero-order chi connectivity index (χ0) is 13.6. The lowest BCUT2D eigenvalue weighted by Gasteiger charge is -2.17. The first-order valence-electron chi connectivity index (χ1n) is 5.73. The zero-order valence-electron chi connectivity index (χ0n) is 11.0. The van der Waals surface area contributed by atoms with E-state index in [2.05, 4.69) is 42.0 Å². The van der Waals surface area contributed by atoms with E-state index in [9.17, 15) is 0 Å². The van der Waals surface area contributed by atoms with Crippen molar-refractivity contribution in [1.29, 1.82) is 0 Å². The summed E-state index contributed by atoms with van der Waals surface area (Å²) in [5.41, 5.74) is -0.112. The van der Waals surface area contributed by atoms with E-state index in [0.717, 1.165) is 29.7 Å². The highest BCUT2D eigenvalue weighted by molar-refractivity contribution is 7.99. The summed E-state index contributed by atoms with van der Waals surface area (Å²) in [6.07, 6.45) is 5.18. The van der Waals surface area contributed by atoms with E-state index in [1.807, 2.05) is 0 Å². The van der Waals surface area contributed by atoms with Crippen LogP contribution in [0.5, 0.6) is 0 Å². The third-order valence-electron chi connectivity index (χ3n) is 2.10. The SMILES string of the molecule is C#CCSCCNc1cc(Cl)nc(C(C)(C)C)n1. The second kappa shape index (κ2) is 6.86. The van der Waals surface area contributed by atoms with Crippen LogP contribution < -0.4 is 5.32 Å². The van der Waals surface area contributed by atoms with Gasteiger partial charge in [-0.25, -0.2) is 9.97 Å². The van der Waals surface area contributed by atoms with Crippen LogP contribution in [0.2, 0.25) is 5.15 Å². The normalized spacial score (nSPS) is 11.1. The fraction of sp³-hybridized carbons (Fsp3) is 0.538. The summed E-state index contributed by atoms with van der Waals surface area (Å²) in [4.78, 5) is 8.71. The minimum absolute atomic E-state index is 0.112. The average Bonchev–Trinajstić information content (AvgIpc) is 2.27. The monoisotopic (exact) mass is 283 g/mol. The first-order chi connectivity index (χ1) is 8.43. The van der Waals surface area contributed by atoms with Crippen LogP contribution in [0.1, 0.15) is 26.6 Å². The summed E-state index contributed by atoms with van der Waals surface area (Å²) < 4.78 is 0. The van der Waals surface area contributed by atoms with Gasteiger partial charge in [0.05, 0.1) is 5.75 Å². The molecule has 1 heterocycles. The summed E-state index contributed by atoms with van der Waals surface area (Å²) in [7, 11) is 0. The predicted molar refractivity (Wildman–Crippen MR) is 80.4 cm³/mol. The molecule has 0 aromatic carbocycles. The van der Waals surface area contributed by atoms with Crippen molar-refractivity contribution in [3.05, 3.63) is 17.0 Å². The van der Waals surface area contributed by atoms with E-state index in [1.54, 1.807) is 17.8 Å². The molecule has 0 atom stereocenters. The van der Waals surface area contributed by atoms with Crippen LogP contribution >= 0.6 is 23.4 Å². The smallest absolute Gasteiger partial charge is 0.137 e. The van der Waals surface area contributed by atoms with Gasteiger partial charge in [0.2, 0.25) is 0 Å². The number of rotatable bonds is 5. The molecule has 1 N–H and O–H groups in total. The third kappa shape index (κ3) is 5.16. The molecule has 1 rings (SSSR count). The first kappa shape index (κ1) is 15.1. The lowest BCUT2D eigenvalue weighted by Crippen LogP contribution is -2.17. The molecule has 0 aliphatic heterocycles. The van der Waals surface area contributed by atoms with Gasteiger partial charge >= 0.3 is 0 Å². The van der Waals surface area contributed by atoms with E-state index in [4.69, 9.17) is 18.0 Å². The Balaban J connectivity index is 2.61. The summed E-state index contributed by atoms with van der Waals surface area (Å²) in [6.45, 7) is 6.99. The van der Waals surface area contributed by atoms with Crippen molar-refractivity contribution in [2.75, 3.05) is 23.4 Å². The van der Waals surface area contributed by atoms with Gasteiger partial charge in [0.15, 0.2) is 0 Å². The minimum atomic E-state index is -0.112. The molecule has 0 saturated heterocycles. The van der Waals surface area contributed by atoms with E-state index in [-0.39, 0.29) is 5.41 Å². The number of nitrogens with one attached hydrogen (secondary N) is 1. The minimum Gasteiger partial charge on any atom is -0.369 e. The lowest BCUT2D eigenvalue weighted by atomic mass is 9.96. The first-order valence-corrected chi connectivity index (χ1v) is 7.27. The highest BCUT2D eigenvalue weighted by Crippen LogP contribution is 2.22. The third-order valence-corrected chi connectivity index (χ3v) is 3.16. The molecule has 0 saturated carbocycles. The van der Waals surface area contributed by atoms with Crippen LogP contribution in [0.4, 0.5) is 5.82 Å². The van der Waals surface area contributed by atoms with Gasteiger partial charge in [-0.1, -0.05) is 38.3 Å². The molecule has 0 fully saturated rings. The van der Waals surface area contributed by atoms with Gasteiger partial charge in [-0.15, -0.1) is 18.2 Å². The van der Waals surface area contributed by atoms with Crippen LogP contribution in [0, 0.1) is 12.3 Å². The van der Waals surface area contributed by atoms with Crippen LogP contribution in [-0.2, 0) is 5.41 Å². The highest BCUT2D eigenvalue weighted by atomic mass is 35.5. The summed E-state index contributed by atoms with van der Waals surface area (Å²) >= 11 is 7.71. The number of halogens is 1. The Morgan fingerprint density at radius 1 is 1.44 bits per heavy atom. The molecule has 0 aliphatic rings. The highest BCUT2D eigenvalue weighted by Gasteiger charge is 2.18. The van der Waals surface area contributed by atoms with Gasteiger partial charge in [0, 0.05) is 23.8 Å². The van der Waals surface area contributed by atoms with Gasteiger partial charge in [-0.3, -0.25) is 0 Å². The molecular weight excluding hydrogens is 266 g/mol. The molecule has 1 aromatic heterocycles. The largest absolute Gasteiger partial charge is 0.369 e. The Morgan fingerprint density at radius 3 is 2.78 bits per heavy atom. The quantitative estimate of drug-likeness (QED) is 0.512. The Morgan fingerprint density at radius 2 is 2.17 bits per heavy atom. The molecular formula is C13H18ClN3S. The van der Waals surface area contributed by atoms with E-state index in [0.29, 0.717) is 5.15 Å². The molecule has 18 heavy (non-hydrogen) atoms. The van der Waals surface area contributed by atoms with E-state index >= 15 is 0 Å². The van der Waals surface area contributed by atoms with E-state index < -0.39 is 0 Å². The van der Waals surface area contributed by atoms with Crippen LogP contribution in [0.3, 0.4) is 0 Å². The van der Waals surface area contributed by atoms with Crippen molar-refractivity contribution >= 4 is 29.2 Å². The van der Waals surface area contributed by atoms with Gasteiger partial charge in [0.25, 0.3) is 0 Å². The summed E-state index contributed by atoms with van der Waals surface area (Å²) in [5, 5.41) is 3.70. The van der Waals surface area contributed by atoms with Gasteiger partial charge in [-0.05, 0) is 0 Å². The van der Waals surface area contributed by atoms with Crippen LogP contribution in [0.25, 0.3) is 0 Å². The van der Waals surface area contributed by atoms with Crippen molar-refractivity contribution in [2.45, 2.75) is 26.2 Å². The maximum absolute atomic E-state index is 6.00. The molecule has 0 radical (unpaired) electrons. The second-order valence-electron chi connectivity index (χ2n) is 4.83. The molecule has 0 aliphatic carbocycles. The number of hydrogen-bond donors (Lipinski definition) is 1. The van der Waals surface area contributed by atoms with Crippen LogP contribution in [0.15, 0.2) is 6.07 Å². The molecule has 3 nitrogen and oxygen atoms in total. The summed E-state index contributed by atoms with van der Waals surface area (Å²) in [5.74, 6) is 5.78.